The van der Waals surface area contributed by atoms with Gasteiger partial charge in [-0.05, 0) is 65.7 Å². The van der Waals surface area contributed by atoms with Crippen LogP contribution in [0.1, 0.15) is 99.3 Å². The third-order valence-corrected chi connectivity index (χ3v) is 9.01. The second kappa shape index (κ2) is 29.7. The molecule has 0 aliphatic rings. The third-order valence-electron chi connectivity index (χ3n) is 6.60. The van der Waals surface area contributed by atoms with E-state index in [9.17, 15) is 24.3 Å². The highest BCUT2D eigenvalue weighted by molar-refractivity contribution is 8.76. The van der Waals surface area contributed by atoms with Crippen LogP contribution in [-0.4, -0.2) is 78.4 Å². The Labute approximate surface area is 309 Å². The van der Waals surface area contributed by atoms with Gasteiger partial charge in [-0.25, -0.2) is 4.79 Å². The summed E-state index contributed by atoms with van der Waals surface area (Å²) in [6.07, 6.45) is 26.1. The third kappa shape index (κ3) is 29.9. The Hall–Kier alpha value is -2.96. The monoisotopic (exact) mass is 737 g/mol. The van der Waals surface area contributed by atoms with Gasteiger partial charge in [0.1, 0.15) is 11.7 Å². The van der Waals surface area contributed by atoms with Crippen molar-refractivity contribution in [1.82, 2.24) is 16.0 Å². The van der Waals surface area contributed by atoms with Crippen LogP contribution in [0.5, 0.6) is 0 Å². The van der Waals surface area contributed by atoms with E-state index in [2.05, 4.69) is 83.6 Å². The second-order valence-electron chi connectivity index (χ2n) is 13.1. The van der Waals surface area contributed by atoms with Crippen molar-refractivity contribution in [3.05, 3.63) is 60.8 Å². The summed E-state index contributed by atoms with van der Waals surface area (Å²) in [5.74, 6) is 0.181. The molecule has 12 heteroatoms. The first-order valence-corrected chi connectivity index (χ1v) is 20.1. The standard InChI is InChI=1S/C38H63N3O7S2/c1-7-8-9-10-11-12-13-14-15-16-17-18-19-20-21-22-23-24-33(43)47-31-38(5,6)34(44)35(45)40-26-25-32(42)39-27-29-49-50-30-28-41-36(46)48-37(2,3)4/h8-9,11-12,14-15,17-18,20-21,34,44H,7,10,13,16,19,22-31H2,1-6H3,(H,39,42)(H,40,45)(H,41,46)/b9-8-,12-11-,15-14-,18-17-,21-20-/t34-/m0/s1. The SMILES string of the molecule is CC/C=C\C/C=C\C/C=C\C/C=C\C/C=C\CCCC(=O)OCC(C)(C)[C@@H](O)C(=O)NCCC(=O)NCCSSCCNC(=O)OC(C)(C)C. The van der Waals surface area contributed by atoms with Crippen LogP contribution in [0.25, 0.3) is 0 Å². The Morgan fingerprint density at radius 1 is 0.700 bits per heavy atom. The van der Waals surface area contributed by atoms with E-state index in [1.807, 2.05) is 20.8 Å². The van der Waals surface area contributed by atoms with Crippen molar-refractivity contribution in [1.29, 1.82) is 0 Å². The molecule has 0 rings (SSSR count). The van der Waals surface area contributed by atoms with Gasteiger partial charge in [-0.15, -0.1) is 0 Å². The number of rotatable bonds is 27. The number of allylic oxidation sites excluding steroid dienone is 10. The number of alkyl carbamates (subject to hydrolysis) is 1. The number of unbranched alkanes of at least 4 members (excludes halogenated alkanes) is 1. The average Bonchev–Trinajstić information content (AvgIpc) is 3.05. The molecule has 50 heavy (non-hydrogen) atoms. The first-order valence-electron chi connectivity index (χ1n) is 17.6. The highest BCUT2D eigenvalue weighted by Crippen LogP contribution is 2.22. The molecule has 0 aliphatic carbocycles. The van der Waals surface area contributed by atoms with Gasteiger partial charge in [0.2, 0.25) is 11.8 Å². The molecule has 1 atom stereocenters. The normalized spacial score (nSPS) is 13.1. The number of carbonyl (C=O) groups is 4. The van der Waals surface area contributed by atoms with Gasteiger partial charge in [0.25, 0.3) is 0 Å². The highest BCUT2D eigenvalue weighted by atomic mass is 33.1. The molecule has 0 saturated carbocycles. The first kappa shape index (κ1) is 47.0. The zero-order valence-electron chi connectivity index (χ0n) is 31.2. The molecule has 10 nitrogen and oxygen atoms in total. The Morgan fingerprint density at radius 2 is 1.22 bits per heavy atom. The molecule has 0 unspecified atom stereocenters. The molecule has 0 radical (unpaired) electrons. The van der Waals surface area contributed by atoms with Crippen LogP contribution < -0.4 is 16.0 Å². The van der Waals surface area contributed by atoms with Gasteiger partial charge in [-0.3, -0.25) is 14.4 Å². The van der Waals surface area contributed by atoms with E-state index in [1.165, 1.54) is 0 Å². The number of ether oxygens (including phenoxy) is 2. The van der Waals surface area contributed by atoms with Crippen molar-refractivity contribution in [3.8, 4) is 0 Å². The van der Waals surface area contributed by atoms with Crippen molar-refractivity contribution in [2.45, 2.75) is 111 Å². The van der Waals surface area contributed by atoms with E-state index < -0.39 is 29.1 Å². The fourth-order valence-corrected chi connectivity index (χ4v) is 5.66. The molecule has 0 aromatic rings. The smallest absolute Gasteiger partial charge is 0.407 e. The minimum atomic E-state index is -1.40. The van der Waals surface area contributed by atoms with E-state index in [0.29, 0.717) is 31.0 Å². The van der Waals surface area contributed by atoms with E-state index in [0.717, 1.165) is 38.5 Å². The second-order valence-corrected chi connectivity index (χ2v) is 15.8. The van der Waals surface area contributed by atoms with Crippen LogP contribution in [0.4, 0.5) is 4.79 Å². The topological polar surface area (TPSA) is 143 Å². The fraction of sp³-hybridized carbons (Fsp3) is 0.632. The van der Waals surface area contributed by atoms with Gasteiger partial charge in [-0.2, -0.15) is 0 Å². The minimum absolute atomic E-state index is 0.0728. The molecule has 0 spiro atoms. The molecule has 0 bridgehead atoms. The Morgan fingerprint density at radius 3 is 1.76 bits per heavy atom. The maximum atomic E-state index is 12.5. The minimum Gasteiger partial charge on any atom is -0.465 e. The van der Waals surface area contributed by atoms with E-state index in [1.54, 1.807) is 35.4 Å². The lowest BCUT2D eigenvalue weighted by molar-refractivity contribution is -0.153. The zero-order chi connectivity index (χ0) is 37.5. The lowest BCUT2D eigenvalue weighted by atomic mass is 9.87. The summed E-state index contributed by atoms with van der Waals surface area (Å²) in [5, 5.41) is 18.6. The zero-order valence-corrected chi connectivity index (χ0v) is 32.8. The maximum absolute atomic E-state index is 12.5. The van der Waals surface area contributed by atoms with Crippen LogP contribution in [0.15, 0.2) is 60.8 Å². The largest absolute Gasteiger partial charge is 0.465 e. The molecule has 0 fully saturated rings. The number of carbonyl (C=O) groups excluding carboxylic acids is 4. The number of esters is 1. The lowest BCUT2D eigenvalue weighted by Gasteiger charge is -2.29. The summed E-state index contributed by atoms with van der Waals surface area (Å²) in [6, 6.07) is 0. The maximum Gasteiger partial charge on any atom is 0.407 e. The van der Waals surface area contributed by atoms with Crippen LogP contribution in [0, 0.1) is 5.41 Å². The summed E-state index contributed by atoms with van der Waals surface area (Å²) in [4.78, 5) is 48.4. The fourth-order valence-electron chi connectivity index (χ4n) is 3.85. The van der Waals surface area contributed by atoms with Crippen LogP contribution >= 0.6 is 21.6 Å². The number of nitrogens with one attached hydrogen (secondary N) is 3. The molecular weight excluding hydrogens is 675 g/mol. The van der Waals surface area contributed by atoms with Gasteiger partial charge >= 0.3 is 12.1 Å². The number of hydrogen-bond acceptors (Lipinski definition) is 9. The van der Waals surface area contributed by atoms with Crippen molar-refractivity contribution in [3.63, 3.8) is 0 Å². The summed E-state index contributed by atoms with van der Waals surface area (Å²) in [6.45, 7) is 11.8. The molecule has 0 heterocycles. The summed E-state index contributed by atoms with van der Waals surface area (Å²) < 4.78 is 10.5. The van der Waals surface area contributed by atoms with E-state index in [4.69, 9.17) is 9.47 Å². The summed E-state index contributed by atoms with van der Waals surface area (Å²) in [5.41, 5.74) is -1.53. The van der Waals surface area contributed by atoms with Gasteiger partial charge < -0.3 is 30.5 Å². The molecule has 3 amide bonds. The Bertz CT molecular complexity index is 1110. The molecule has 0 aromatic carbocycles. The molecule has 0 aromatic heterocycles. The lowest BCUT2D eigenvalue weighted by Crippen LogP contribution is -2.47. The van der Waals surface area contributed by atoms with Crippen LogP contribution in [-0.2, 0) is 23.9 Å². The molecule has 284 valence electrons. The first-order chi connectivity index (χ1) is 23.8. The van der Waals surface area contributed by atoms with E-state index in [-0.39, 0.29) is 37.9 Å². The number of amides is 3. The quantitative estimate of drug-likeness (QED) is 0.0294. The van der Waals surface area contributed by atoms with Crippen molar-refractivity contribution < 1.29 is 33.8 Å². The Kier molecular flexibility index (Phi) is 28.0. The molecule has 0 aliphatic heterocycles. The number of aliphatic hydroxyl groups excluding tert-OH is 1. The van der Waals surface area contributed by atoms with Crippen LogP contribution in [0.2, 0.25) is 0 Å². The summed E-state index contributed by atoms with van der Waals surface area (Å²) >= 11 is 0. The molecule has 4 N–H and O–H groups in total. The van der Waals surface area contributed by atoms with Gasteiger partial charge in [0.15, 0.2) is 0 Å². The summed E-state index contributed by atoms with van der Waals surface area (Å²) in [7, 11) is 3.16. The highest BCUT2D eigenvalue weighted by Gasteiger charge is 2.35. The van der Waals surface area contributed by atoms with Crippen molar-refractivity contribution >= 4 is 45.5 Å². The van der Waals surface area contributed by atoms with Gasteiger partial charge in [0, 0.05) is 49.4 Å². The Balaban J connectivity index is 3.96. The van der Waals surface area contributed by atoms with E-state index >= 15 is 0 Å². The van der Waals surface area contributed by atoms with Crippen molar-refractivity contribution in [2.75, 3.05) is 37.7 Å². The predicted molar refractivity (Wildman–Crippen MR) is 209 cm³/mol. The number of hydrogen-bond donors (Lipinski definition) is 4. The van der Waals surface area contributed by atoms with Gasteiger partial charge in [-0.1, -0.05) is 103 Å². The number of aliphatic hydroxyl groups is 1. The average molecular weight is 738 g/mol. The van der Waals surface area contributed by atoms with Crippen LogP contribution in [0.3, 0.4) is 0 Å². The van der Waals surface area contributed by atoms with Gasteiger partial charge in [0.05, 0.1) is 6.61 Å². The molecule has 0 saturated heterocycles. The molecular formula is C38H63N3O7S2. The van der Waals surface area contributed by atoms with Crippen molar-refractivity contribution in [2.24, 2.45) is 5.41 Å². The predicted octanol–water partition coefficient (Wildman–Crippen LogP) is 7.37.